The van der Waals surface area contributed by atoms with Crippen molar-refractivity contribution < 1.29 is 5.11 Å². The van der Waals surface area contributed by atoms with Crippen LogP contribution in [0.1, 0.15) is 50.3 Å². The van der Waals surface area contributed by atoms with E-state index in [1.807, 2.05) is 25.1 Å². The van der Waals surface area contributed by atoms with Crippen molar-refractivity contribution in [3.05, 3.63) is 34.3 Å². The van der Waals surface area contributed by atoms with E-state index in [1.165, 1.54) is 6.42 Å². The van der Waals surface area contributed by atoms with E-state index < -0.39 is 0 Å². The van der Waals surface area contributed by atoms with Gasteiger partial charge >= 0.3 is 0 Å². The first-order chi connectivity index (χ1) is 7.56. The van der Waals surface area contributed by atoms with Crippen LogP contribution in [0.15, 0.2) is 18.2 Å². The van der Waals surface area contributed by atoms with Crippen molar-refractivity contribution in [1.29, 1.82) is 0 Å². The highest BCUT2D eigenvalue weighted by molar-refractivity contribution is 6.31. The zero-order chi connectivity index (χ0) is 12.1. The van der Waals surface area contributed by atoms with Gasteiger partial charge in [-0.2, -0.15) is 0 Å². The molecule has 2 atom stereocenters. The van der Waals surface area contributed by atoms with E-state index in [4.69, 9.17) is 11.6 Å². The zero-order valence-corrected chi connectivity index (χ0v) is 11.1. The van der Waals surface area contributed by atoms with Gasteiger partial charge in [0.2, 0.25) is 0 Å². The van der Waals surface area contributed by atoms with Crippen LogP contribution in [0.5, 0.6) is 0 Å². The molecule has 1 aromatic carbocycles. The van der Waals surface area contributed by atoms with Crippen molar-refractivity contribution in [3.8, 4) is 0 Å². The molecule has 2 heteroatoms. The Labute approximate surface area is 103 Å². The fourth-order valence-electron chi connectivity index (χ4n) is 2.10. The number of hydrogen-bond donors (Lipinski definition) is 1. The molecule has 0 aliphatic rings. The highest BCUT2D eigenvalue weighted by Gasteiger charge is 2.14. The number of benzene rings is 1. The van der Waals surface area contributed by atoms with Crippen molar-refractivity contribution in [2.75, 3.05) is 0 Å². The maximum Gasteiger partial charge on any atom is 0.0795 e. The fraction of sp³-hybridized carbons (Fsp3) is 0.571. The first-order valence-corrected chi connectivity index (χ1v) is 6.37. The van der Waals surface area contributed by atoms with Crippen molar-refractivity contribution >= 4 is 11.6 Å². The topological polar surface area (TPSA) is 20.2 Å². The molecule has 1 rings (SSSR count). The van der Waals surface area contributed by atoms with Crippen LogP contribution in [-0.2, 0) is 0 Å². The Kier molecular flexibility index (Phi) is 5.30. The molecule has 16 heavy (non-hydrogen) atoms. The Bertz CT molecular complexity index is 336. The van der Waals surface area contributed by atoms with Gasteiger partial charge in [0.15, 0.2) is 0 Å². The van der Waals surface area contributed by atoms with E-state index in [9.17, 15) is 5.11 Å². The van der Waals surface area contributed by atoms with Gasteiger partial charge in [-0.05, 0) is 36.5 Å². The first kappa shape index (κ1) is 13.5. The lowest BCUT2D eigenvalue weighted by molar-refractivity contribution is 0.144. The minimum absolute atomic E-state index is 0.389. The Balaban J connectivity index is 2.72. The van der Waals surface area contributed by atoms with Crippen molar-refractivity contribution in [2.45, 2.75) is 46.1 Å². The molecule has 0 radical (unpaired) electrons. The predicted molar refractivity (Wildman–Crippen MR) is 69.8 cm³/mol. The minimum Gasteiger partial charge on any atom is -0.388 e. The smallest absolute Gasteiger partial charge is 0.0795 e. The van der Waals surface area contributed by atoms with E-state index in [2.05, 4.69) is 13.8 Å². The third-order valence-electron chi connectivity index (χ3n) is 3.08. The van der Waals surface area contributed by atoms with Gasteiger partial charge in [-0.15, -0.1) is 0 Å². The number of halogens is 1. The van der Waals surface area contributed by atoms with Crippen LogP contribution in [0.2, 0.25) is 5.02 Å². The van der Waals surface area contributed by atoms with Crippen LogP contribution in [0.4, 0.5) is 0 Å². The van der Waals surface area contributed by atoms with Crippen molar-refractivity contribution in [3.63, 3.8) is 0 Å². The summed E-state index contributed by atoms with van der Waals surface area (Å²) in [5.41, 5.74) is 1.97. The lowest BCUT2D eigenvalue weighted by Crippen LogP contribution is -2.06. The van der Waals surface area contributed by atoms with E-state index in [0.717, 1.165) is 29.0 Å². The lowest BCUT2D eigenvalue weighted by atomic mass is 9.93. The quantitative estimate of drug-likeness (QED) is 0.803. The summed E-state index contributed by atoms with van der Waals surface area (Å²) in [6.45, 7) is 6.32. The zero-order valence-electron chi connectivity index (χ0n) is 10.3. The van der Waals surface area contributed by atoms with Crippen LogP contribution in [0.3, 0.4) is 0 Å². The van der Waals surface area contributed by atoms with Crippen LogP contribution in [0, 0.1) is 12.8 Å². The van der Waals surface area contributed by atoms with Gasteiger partial charge in [0, 0.05) is 5.02 Å². The van der Waals surface area contributed by atoms with Crippen molar-refractivity contribution in [2.24, 2.45) is 5.92 Å². The normalized spacial score (nSPS) is 14.8. The van der Waals surface area contributed by atoms with Gasteiger partial charge in [0.25, 0.3) is 0 Å². The minimum atomic E-state index is -0.389. The summed E-state index contributed by atoms with van der Waals surface area (Å²) in [4.78, 5) is 0. The van der Waals surface area contributed by atoms with E-state index >= 15 is 0 Å². The van der Waals surface area contributed by atoms with Crippen LogP contribution in [-0.4, -0.2) is 5.11 Å². The molecule has 90 valence electrons. The standard InChI is InChI=1S/C14H21ClO/c1-4-6-10(2)9-14(16)12-7-5-8-13(15)11(12)3/h5,7-8,10,14,16H,4,6,9H2,1-3H3. The Morgan fingerprint density at radius 2 is 2.06 bits per heavy atom. The van der Waals surface area contributed by atoms with E-state index in [1.54, 1.807) is 0 Å². The maximum absolute atomic E-state index is 10.2. The van der Waals surface area contributed by atoms with E-state index in [-0.39, 0.29) is 6.10 Å². The van der Waals surface area contributed by atoms with Crippen LogP contribution < -0.4 is 0 Å². The van der Waals surface area contributed by atoms with Gasteiger partial charge in [-0.3, -0.25) is 0 Å². The number of rotatable bonds is 5. The Hall–Kier alpha value is -0.530. The molecule has 1 nitrogen and oxygen atoms in total. The third-order valence-corrected chi connectivity index (χ3v) is 3.49. The van der Waals surface area contributed by atoms with Gasteiger partial charge in [-0.1, -0.05) is 50.4 Å². The third kappa shape index (κ3) is 3.50. The molecule has 2 unspecified atom stereocenters. The summed E-state index contributed by atoms with van der Waals surface area (Å²) in [5.74, 6) is 0.554. The number of aliphatic hydroxyl groups is 1. The summed E-state index contributed by atoms with van der Waals surface area (Å²) in [6.07, 6.45) is 2.76. The average Bonchev–Trinajstić information content (AvgIpc) is 2.22. The summed E-state index contributed by atoms with van der Waals surface area (Å²) >= 11 is 6.04. The summed E-state index contributed by atoms with van der Waals surface area (Å²) < 4.78 is 0. The summed E-state index contributed by atoms with van der Waals surface area (Å²) in [7, 11) is 0. The molecule has 1 aromatic rings. The second kappa shape index (κ2) is 6.27. The number of aliphatic hydroxyl groups excluding tert-OH is 1. The molecule has 0 amide bonds. The molecule has 0 spiro atoms. The molecule has 0 aliphatic heterocycles. The van der Waals surface area contributed by atoms with Crippen LogP contribution >= 0.6 is 11.6 Å². The van der Waals surface area contributed by atoms with Gasteiger partial charge in [0.05, 0.1) is 6.10 Å². The largest absolute Gasteiger partial charge is 0.388 e. The second-order valence-corrected chi connectivity index (χ2v) is 5.01. The molecule has 0 saturated carbocycles. The number of hydrogen-bond acceptors (Lipinski definition) is 1. The van der Waals surface area contributed by atoms with Crippen molar-refractivity contribution in [1.82, 2.24) is 0 Å². The average molecular weight is 241 g/mol. The molecular formula is C14H21ClO. The molecule has 0 aliphatic carbocycles. The molecule has 0 saturated heterocycles. The van der Waals surface area contributed by atoms with Gasteiger partial charge < -0.3 is 5.11 Å². The lowest BCUT2D eigenvalue weighted by Gasteiger charge is -2.18. The summed E-state index contributed by atoms with van der Waals surface area (Å²) in [6, 6.07) is 5.73. The van der Waals surface area contributed by atoms with Gasteiger partial charge in [0.1, 0.15) is 0 Å². The maximum atomic E-state index is 10.2. The predicted octanol–water partition coefficient (Wildman–Crippen LogP) is 4.51. The SMILES string of the molecule is CCCC(C)CC(O)c1cccc(Cl)c1C. The molecule has 0 bridgehead atoms. The first-order valence-electron chi connectivity index (χ1n) is 5.99. The molecule has 0 fully saturated rings. The fourth-order valence-corrected chi connectivity index (χ4v) is 2.29. The molecular weight excluding hydrogens is 220 g/mol. The monoisotopic (exact) mass is 240 g/mol. The summed E-state index contributed by atoms with van der Waals surface area (Å²) in [5, 5.41) is 10.9. The Morgan fingerprint density at radius 3 is 2.69 bits per heavy atom. The second-order valence-electron chi connectivity index (χ2n) is 4.60. The van der Waals surface area contributed by atoms with Crippen LogP contribution in [0.25, 0.3) is 0 Å². The highest BCUT2D eigenvalue weighted by Crippen LogP contribution is 2.29. The molecule has 1 N–H and O–H groups in total. The molecule has 0 heterocycles. The van der Waals surface area contributed by atoms with Gasteiger partial charge in [-0.25, -0.2) is 0 Å². The Morgan fingerprint density at radius 1 is 1.38 bits per heavy atom. The highest BCUT2D eigenvalue weighted by atomic mass is 35.5. The van der Waals surface area contributed by atoms with E-state index in [0.29, 0.717) is 5.92 Å². The molecule has 0 aromatic heterocycles.